The molecule has 0 aliphatic heterocycles. The molecule has 1 unspecified atom stereocenters. The minimum atomic E-state index is -0.541. The molecule has 0 N–H and O–H groups in total. The van der Waals surface area contributed by atoms with E-state index in [9.17, 15) is 14.4 Å². The van der Waals surface area contributed by atoms with Gasteiger partial charge in [0.1, 0.15) is 11.4 Å². The van der Waals surface area contributed by atoms with Gasteiger partial charge in [0.25, 0.3) is 0 Å². The molecule has 1 aliphatic rings. The van der Waals surface area contributed by atoms with Gasteiger partial charge < -0.3 is 9.47 Å². The highest BCUT2D eigenvalue weighted by Crippen LogP contribution is 2.30. The summed E-state index contributed by atoms with van der Waals surface area (Å²) < 4.78 is 9.84. The lowest BCUT2D eigenvalue weighted by Gasteiger charge is -2.28. The molecule has 0 radical (unpaired) electrons. The molecule has 0 saturated heterocycles. The Morgan fingerprint density at radius 3 is 2.05 bits per heavy atom. The van der Waals surface area contributed by atoms with Crippen molar-refractivity contribution in [2.24, 2.45) is 11.8 Å². The van der Waals surface area contributed by atoms with Crippen molar-refractivity contribution < 1.29 is 23.9 Å². The van der Waals surface area contributed by atoms with Crippen LogP contribution in [-0.2, 0) is 23.9 Å². The van der Waals surface area contributed by atoms with E-state index in [0.29, 0.717) is 12.8 Å². The van der Waals surface area contributed by atoms with E-state index in [2.05, 4.69) is 4.74 Å². The van der Waals surface area contributed by atoms with Crippen molar-refractivity contribution in [2.45, 2.75) is 58.5 Å². The van der Waals surface area contributed by atoms with Crippen LogP contribution in [0.1, 0.15) is 52.9 Å². The molecule has 5 nitrogen and oxygen atoms in total. The second-order valence-corrected chi connectivity index (χ2v) is 6.30. The number of Topliss-reactive ketones (excluding diaryl/α,β-unsaturated/α-hetero) is 1. The van der Waals surface area contributed by atoms with Gasteiger partial charge in [0, 0.05) is 11.8 Å². The molecular formula is C15H24O5. The molecule has 20 heavy (non-hydrogen) atoms. The Morgan fingerprint density at radius 1 is 1.10 bits per heavy atom. The summed E-state index contributed by atoms with van der Waals surface area (Å²) in [6.45, 7) is 5.40. The number of carbonyl (C=O) groups excluding carboxylic acids is 3. The average Bonchev–Trinajstić information content (AvgIpc) is 2.31. The predicted octanol–water partition coefficient (Wildman–Crippen LogP) is 2.27. The zero-order chi connectivity index (χ0) is 15.3. The van der Waals surface area contributed by atoms with Gasteiger partial charge in [0.05, 0.1) is 20.0 Å². The first kappa shape index (κ1) is 16.7. The number of methoxy groups -OCH3 is 1. The smallest absolute Gasteiger partial charge is 0.307 e. The average molecular weight is 284 g/mol. The molecule has 1 aliphatic carbocycles. The normalized spacial score (nSPS) is 23.3. The predicted molar refractivity (Wildman–Crippen MR) is 72.9 cm³/mol. The van der Waals surface area contributed by atoms with Crippen molar-refractivity contribution >= 4 is 17.7 Å². The second kappa shape index (κ2) is 6.86. The van der Waals surface area contributed by atoms with Gasteiger partial charge in [-0.05, 0) is 33.6 Å². The SMILES string of the molecule is COC(=O)CC1CCC[C@@H](CC(=O)OC(C)(C)C)C1=O. The van der Waals surface area contributed by atoms with Gasteiger partial charge in [0.15, 0.2) is 0 Å². The Hall–Kier alpha value is -1.39. The van der Waals surface area contributed by atoms with Crippen LogP contribution in [0.2, 0.25) is 0 Å². The van der Waals surface area contributed by atoms with E-state index >= 15 is 0 Å². The largest absolute Gasteiger partial charge is 0.469 e. The maximum atomic E-state index is 12.3. The molecular weight excluding hydrogens is 260 g/mol. The molecule has 5 heteroatoms. The van der Waals surface area contributed by atoms with E-state index in [1.165, 1.54) is 7.11 Å². The van der Waals surface area contributed by atoms with Crippen LogP contribution >= 0.6 is 0 Å². The Bertz CT molecular complexity index is 380. The highest BCUT2D eigenvalue weighted by Gasteiger charge is 2.34. The number of hydrogen-bond donors (Lipinski definition) is 0. The molecule has 0 spiro atoms. The van der Waals surface area contributed by atoms with Gasteiger partial charge in [-0.3, -0.25) is 14.4 Å². The molecule has 1 fully saturated rings. The topological polar surface area (TPSA) is 69.7 Å². The number of ether oxygens (including phenoxy) is 2. The number of carbonyl (C=O) groups is 3. The first-order valence-corrected chi connectivity index (χ1v) is 7.05. The lowest BCUT2D eigenvalue weighted by molar-refractivity contribution is -0.158. The maximum absolute atomic E-state index is 12.3. The fraction of sp³-hybridized carbons (Fsp3) is 0.800. The highest BCUT2D eigenvalue weighted by atomic mass is 16.6. The van der Waals surface area contributed by atoms with E-state index in [0.717, 1.165) is 6.42 Å². The standard InChI is InChI=1S/C15H24O5/c1-15(2,3)20-13(17)9-11-7-5-6-10(14(11)18)8-12(16)19-4/h10-11H,5-9H2,1-4H3/t10?,11-/m0/s1. The quantitative estimate of drug-likeness (QED) is 0.741. The number of hydrogen-bond acceptors (Lipinski definition) is 5. The van der Waals surface area contributed by atoms with E-state index in [1.807, 2.05) is 0 Å². The van der Waals surface area contributed by atoms with E-state index in [-0.39, 0.29) is 42.4 Å². The molecule has 1 saturated carbocycles. The summed E-state index contributed by atoms with van der Waals surface area (Å²) in [5.41, 5.74) is -0.541. The van der Waals surface area contributed by atoms with Crippen molar-refractivity contribution in [1.82, 2.24) is 0 Å². The van der Waals surface area contributed by atoms with Crippen LogP contribution in [0.25, 0.3) is 0 Å². The molecule has 0 aromatic heterocycles. The minimum absolute atomic E-state index is 0.00694. The first-order valence-electron chi connectivity index (χ1n) is 7.05. The van der Waals surface area contributed by atoms with Crippen molar-refractivity contribution in [2.75, 3.05) is 7.11 Å². The Balaban J connectivity index is 2.56. The summed E-state index contributed by atoms with van der Waals surface area (Å²) in [4.78, 5) is 35.3. The zero-order valence-corrected chi connectivity index (χ0v) is 12.7. The molecule has 0 heterocycles. The summed E-state index contributed by atoms with van der Waals surface area (Å²) in [7, 11) is 1.31. The maximum Gasteiger partial charge on any atom is 0.307 e. The lowest BCUT2D eigenvalue weighted by Crippen LogP contribution is -2.33. The summed E-state index contributed by atoms with van der Waals surface area (Å²) in [6.07, 6.45) is 2.45. The molecule has 2 atom stereocenters. The third-order valence-corrected chi connectivity index (χ3v) is 3.38. The Morgan fingerprint density at radius 2 is 1.60 bits per heavy atom. The Kier molecular flexibility index (Phi) is 5.72. The van der Waals surface area contributed by atoms with E-state index in [4.69, 9.17) is 4.74 Å². The van der Waals surface area contributed by atoms with Gasteiger partial charge in [-0.2, -0.15) is 0 Å². The van der Waals surface area contributed by atoms with Gasteiger partial charge in [0.2, 0.25) is 0 Å². The lowest BCUT2D eigenvalue weighted by atomic mass is 9.77. The number of ketones is 1. The number of rotatable bonds is 4. The van der Waals surface area contributed by atoms with Gasteiger partial charge >= 0.3 is 11.9 Å². The first-order chi connectivity index (χ1) is 9.23. The van der Waals surface area contributed by atoms with Crippen LogP contribution in [0.4, 0.5) is 0 Å². The second-order valence-electron chi connectivity index (χ2n) is 6.30. The van der Waals surface area contributed by atoms with Crippen LogP contribution in [0.5, 0.6) is 0 Å². The molecule has 0 aromatic rings. The van der Waals surface area contributed by atoms with Crippen molar-refractivity contribution in [3.63, 3.8) is 0 Å². The van der Waals surface area contributed by atoms with Crippen molar-refractivity contribution in [1.29, 1.82) is 0 Å². The fourth-order valence-electron chi connectivity index (χ4n) is 2.50. The molecule has 0 bridgehead atoms. The Labute approximate surface area is 120 Å². The van der Waals surface area contributed by atoms with Crippen molar-refractivity contribution in [3.8, 4) is 0 Å². The monoisotopic (exact) mass is 284 g/mol. The van der Waals surface area contributed by atoms with Gasteiger partial charge in [-0.15, -0.1) is 0 Å². The van der Waals surface area contributed by atoms with Crippen LogP contribution in [0.15, 0.2) is 0 Å². The van der Waals surface area contributed by atoms with Gasteiger partial charge in [-0.1, -0.05) is 6.42 Å². The zero-order valence-electron chi connectivity index (χ0n) is 12.7. The minimum Gasteiger partial charge on any atom is -0.469 e. The molecule has 114 valence electrons. The highest BCUT2D eigenvalue weighted by molar-refractivity contribution is 5.90. The van der Waals surface area contributed by atoms with Gasteiger partial charge in [-0.25, -0.2) is 0 Å². The van der Waals surface area contributed by atoms with Crippen molar-refractivity contribution in [3.05, 3.63) is 0 Å². The summed E-state index contributed by atoms with van der Waals surface area (Å²) in [6, 6.07) is 0. The van der Waals surface area contributed by atoms with Crippen LogP contribution in [0, 0.1) is 11.8 Å². The molecule has 0 amide bonds. The van der Waals surface area contributed by atoms with Crippen LogP contribution in [0.3, 0.4) is 0 Å². The molecule has 0 aromatic carbocycles. The molecule has 1 rings (SSSR count). The summed E-state index contributed by atoms with van der Waals surface area (Å²) >= 11 is 0. The van der Waals surface area contributed by atoms with E-state index < -0.39 is 5.60 Å². The fourth-order valence-corrected chi connectivity index (χ4v) is 2.50. The summed E-state index contributed by atoms with van der Waals surface area (Å²) in [5, 5.41) is 0. The van der Waals surface area contributed by atoms with Crippen LogP contribution < -0.4 is 0 Å². The third-order valence-electron chi connectivity index (χ3n) is 3.38. The number of esters is 2. The van der Waals surface area contributed by atoms with Crippen LogP contribution in [-0.4, -0.2) is 30.4 Å². The van der Waals surface area contributed by atoms with E-state index in [1.54, 1.807) is 20.8 Å². The third kappa shape index (κ3) is 5.31. The summed E-state index contributed by atoms with van der Waals surface area (Å²) in [5.74, 6) is -1.37.